The Morgan fingerprint density at radius 3 is 2.29 bits per heavy atom. The predicted octanol–water partition coefficient (Wildman–Crippen LogP) is 4.14. The summed E-state index contributed by atoms with van der Waals surface area (Å²) in [5, 5.41) is 7.39. The molecule has 0 spiro atoms. The van der Waals surface area contributed by atoms with Crippen LogP contribution in [0.3, 0.4) is 0 Å². The molecular weight excluding hydrogens is 396 g/mol. The molecule has 160 valence electrons. The lowest BCUT2D eigenvalue weighted by molar-refractivity contribution is -0.147. The van der Waals surface area contributed by atoms with E-state index in [4.69, 9.17) is 9.47 Å². The molecule has 0 atom stereocenters. The number of hydrogen-bond acceptors (Lipinski definition) is 5. The van der Waals surface area contributed by atoms with Crippen LogP contribution in [0.15, 0.2) is 66.7 Å². The van der Waals surface area contributed by atoms with E-state index in [1.54, 1.807) is 24.3 Å². The number of anilines is 2. The van der Waals surface area contributed by atoms with Crippen LogP contribution in [-0.2, 0) is 19.1 Å². The first-order valence-electron chi connectivity index (χ1n) is 10.0. The number of carbonyl (C=O) groups is 3. The Morgan fingerprint density at radius 2 is 1.45 bits per heavy atom. The molecule has 0 aliphatic rings. The second-order valence-electron chi connectivity index (χ2n) is 6.71. The fraction of sp³-hybridized carbons (Fsp3) is 0.208. The molecule has 0 radical (unpaired) electrons. The van der Waals surface area contributed by atoms with Crippen LogP contribution >= 0.6 is 0 Å². The Bertz CT molecular complexity index is 1080. The van der Waals surface area contributed by atoms with Gasteiger partial charge in [-0.3, -0.25) is 14.4 Å². The molecule has 0 saturated heterocycles. The number of para-hydroxylation sites is 2. The van der Waals surface area contributed by atoms with Crippen molar-refractivity contribution < 1.29 is 23.9 Å². The normalized spacial score (nSPS) is 10.4. The van der Waals surface area contributed by atoms with Gasteiger partial charge in [-0.2, -0.15) is 0 Å². The third-order valence-corrected chi connectivity index (χ3v) is 4.45. The summed E-state index contributed by atoms with van der Waals surface area (Å²) >= 11 is 0. The number of hydrogen-bond donors (Lipinski definition) is 2. The van der Waals surface area contributed by atoms with Crippen LogP contribution < -0.4 is 15.4 Å². The third-order valence-electron chi connectivity index (χ3n) is 4.45. The zero-order valence-electron chi connectivity index (χ0n) is 17.2. The molecule has 2 N–H and O–H groups in total. The first-order valence-corrected chi connectivity index (χ1v) is 10.0. The zero-order valence-corrected chi connectivity index (χ0v) is 17.2. The molecule has 0 fully saturated rings. The standard InChI is InChI=1S/C24H24N2O5/c1-2-30-21-13-6-5-11-20(21)26-23(28)16-31-24(29)15-14-22(27)25-19-12-7-9-17-8-3-4-10-18(17)19/h3-13H,2,14-16H2,1H3,(H,25,27)(H,26,28). The van der Waals surface area contributed by atoms with Crippen molar-refractivity contribution in [2.45, 2.75) is 19.8 Å². The predicted molar refractivity (Wildman–Crippen MR) is 119 cm³/mol. The van der Waals surface area contributed by atoms with Gasteiger partial charge in [0.15, 0.2) is 6.61 Å². The Balaban J connectivity index is 1.44. The maximum absolute atomic E-state index is 12.2. The molecular formula is C24H24N2O5. The van der Waals surface area contributed by atoms with Crippen molar-refractivity contribution in [3.63, 3.8) is 0 Å². The van der Waals surface area contributed by atoms with Gasteiger partial charge in [-0.15, -0.1) is 0 Å². The molecule has 0 saturated carbocycles. The van der Waals surface area contributed by atoms with Gasteiger partial charge in [0.25, 0.3) is 5.91 Å². The average molecular weight is 420 g/mol. The molecule has 0 heterocycles. The number of amides is 2. The summed E-state index contributed by atoms with van der Waals surface area (Å²) in [7, 11) is 0. The summed E-state index contributed by atoms with van der Waals surface area (Å²) < 4.78 is 10.4. The SMILES string of the molecule is CCOc1ccccc1NC(=O)COC(=O)CCC(=O)Nc1cccc2ccccc12. The minimum atomic E-state index is -0.624. The molecule has 7 nitrogen and oxygen atoms in total. The van der Waals surface area contributed by atoms with Crippen molar-refractivity contribution in [3.8, 4) is 5.75 Å². The number of nitrogens with one attached hydrogen (secondary N) is 2. The molecule has 3 rings (SSSR count). The molecule has 3 aromatic rings. The number of ether oxygens (including phenoxy) is 2. The van der Waals surface area contributed by atoms with Crippen molar-refractivity contribution in [1.29, 1.82) is 0 Å². The van der Waals surface area contributed by atoms with Crippen LogP contribution in [0, 0.1) is 0 Å². The van der Waals surface area contributed by atoms with Gasteiger partial charge in [-0.1, -0.05) is 48.5 Å². The molecule has 0 aliphatic heterocycles. The van der Waals surface area contributed by atoms with Crippen molar-refractivity contribution in [2.75, 3.05) is 23.8 Å². The lowest BCUT2D eigenvalue weighted by Gasteiger charge is -2.11. The topological polar surface area (TPSA) is 93.7 Å². The van der Waals surface area contributed by atoms with Crippen LogP contribution in [0.2, 0.25) is 0 Å². The summed E-state index contributed by atoms with van der Waals surface area (Å²) in [5.41, 5.74) is 1.18. The number of carbonyl (C=O) groups excluding carboxylic acids is 3. The van der Waals surface area contributed by atoms with E-state index in [0.29, 0.717) is 23.7 Å². The Morgan fingerprint density at radius 1 is 0.774 bits per heavy atom. The quantitative estimate of drug-likeness (QED) is 0.508. The van der Waals surface area contributed by atoms with Gasteiger partial charge in [0.2, 0.25) is 5.91 Å². The average Bonchev–Trinajstić information content (AvgIpc) is 2.78. The number of fused-ring (bicyclic) bond motifs is 1. The van der Waals surface area contributed by atoms with E-state index in [9.17, 15) is 14.4 Å². The second kappa shape index (κ2) is 10.8. The Kier molecular flexibility index (Phi) is 7.59. The molecule has 2 amide bonds. The van der Waals surface area contributed by atoms with Crippen molar-refractivity contribution in [1.82, 2.24) is 0 Å². The molecule has 0 bridgehead atoms. The summed E-state index contributed by atoms with van der Waals surface area (Å²) in [4.78, 5) is 36.2. The van der Waals surface area contributed by atoms with Gasteiger partial charge < -0.3 is 20.1 Å². The van der Waals surface area contributed by atoms with Gasteiger partial charge in [-0.25, -0.2) is 0 Å². The van der Waals surface area contributed by atoms with Crippen molar-refractivity contribution >= 4 is 39.9 Å². The van der Waals surface area contributed by atoms with E-state index < -0.39 is 18.5 Å². The van der Waals surface area contributed by atoms with E-state index in [1.807, 2.05) is 49.4 Å². The van der Waals surface area contributed by atoms with E-state index in [-0.39, 0.29) is 18.7 Å². The van der Waals surface area contributed by atoms with E-state index in [2.05, 4.69) is 10.6 Å². The van der Waals surface area contributed by atoms with E-state index in [1.165, 1.54) is 0 Å². The zero-order chi connectivity index (χ0) is 22.1. The molecule has 3 aromatic carbocycles. The van der Waals surface area contributed by atoms with Crippen LogP contribution in [0.1, 0.15) is 19.8 Å². The summed E-state index contributed by atoms with van der Waals surface area (Å²) in [6.45, 7) is 1.86. The van der Waals surface area contributed by atoms with E-state index in [0.717, 1.165) is 10.8 Å². The number of rotatable bonds is 9. The highest BCUT2D eigenvalue weighted by Crippen LogP contribution is 2.24. The fourth-order valence-corrected chi connectivity index (χ4v) is 3.02. The van der Waals surface area contributed by atoms with Gasteiger partial charge in [-0.05, 0) is 30.5 Å². The Labute approximate surface area is 180 Å². The van der Waals surface area contributed by atoms with Crippen LogP contribution in [0.5, 0.6) is 5.75 Å². The van der Waals surface area contributed by atoms with Gasteiger partial charge >= 0.3 is 5.97 Å². The second-order valence-corrected chi connectivity index (χ2v) is 6.71. The molecule has 7 heteroatoms. The molecule has 0 aliphatic carbocycles. The monoisotopic (exact) mass is 420 g/mol. The molecule has 0 aromatic heterocycles. The minimum Gasteiger partial charge on any atom is -0.492 e. The largest absolute Gasteiger partial charge is 0.492 e. The minimum absolute atomic E-state index is 0.0448. The maximum atomic E-state index is 12.2. The van der Waals surface area contributed by atoms with Crippen LogP contribution in [-0.4, -0.2) is 31.0 Å². The molecule has 31 heavy (non-hydrogen) atoms. The maximum Gasteiger partial charge on any atom is 0.306 e. The van der Waals surface area contributed by atoms with Gasteiger partial charge in [0, 0.05) is 17.5 Å². The summed E-state index contributed by atoms with van der Waals surface area (Å²) in [6, 6.07) is 20.3. The van der Waals surface area contributed by atoms with Gasteiger partial charge in [0.05, 0.1) is 18.7 Å². The summed E-state index contributed by atoms with van der Waals surface area (Å²) in [6.07, 6.45) is -0.170. The third kappa shape index (κ3) is 6.30. The first-order chi connectivity index (χ1) is 15.1. The van der Waals surface area contributed by atoms with Crippen LogP contribution in [0.4, 0.5) is 11.4 Å². The van der Waals surface area contributed by atoms with Gasteiger partial charge in [0.1, 0.15) is 5.75 Å². The lowest BCUT2D eigenvalue weighted by atomic mass is 10.1. The fourth-order valence-electron chi connectivity index (χ4n) is 3.02. The molecule has 0 unspecified atom stereocenters. The smallest absolute Gasteiger partial charge is 0.306 e. The highest BCUT2D eigenvalue weighted by molar-refractivity contribution is 6.02. The highest BCUT2D eigenvalue weighted by atomic mass is 16.5. The summed E-state index contributed by atoms with van der Waals surface area (Å²) in [5.74, 6) is -0.875. The highest BCUT2D eigenvalue weighted by Gasteiger charge is 2.13. The number of esters is 1. The first kappa shape index (κ1) is 21.8. The number of benzene rings is 3. The van der Waals surface area contributed by atoms with Crippen molar-refractivity contribution in [3.05, 3.63) is 66.7 Å². The van der Waals surface area contributed by atoms with Crippen LogP contribution in [0.25, 0.3) is 10.8 Å². The van der Waals surface area contributed by atoms with Crippen molar-refractivity contribution in [2.24, 2.45) is 0 Å². The van der Waals surface area contributed by atoms with E-state index >= 15 is 0 Å². The lowest BCUT2D eigenvalue weighted by Crippen LogP contribution is -2.22. The Hall–Kier alpha value is -3.87.